The molecule has 0 saturated heterocycles. The van der Waals surface area contributed by atoms with Crippen LogP contribution in [0.4, 0.5) is 0 Å². The number of hydrogen-bond donors (Lipinski definition) is 1. The maximum atomic E-state index is 6.46. The van der Waals surface area contributed by atoms with E-state index in [0.29, 0.717) is 12.1 Å². The Morgan fingerprint density at radius 3 is 2.20 bits per heavy atom. The van der Waals surface area contributed by atoms with Crippen LogP contribution in [-0.4, -0.2) is 30.1 Å². The van der Waals surface area contributed by atoms with Crippen molar-refractivity contribution in [1.29, 1.82) is 0 Å². The van der Waals surface area contributed by atoms with Crippen LogP contribution in [0.1, 0.15) is 78.1 Å². The minimum atomic E-state index is 0.414. The number of nitrogens with zero attached hydrogens (tertiary/aromatic N) is 1. The van der Waals surface area contributed by atoms with Crippen LogP contribution in [0.5, 0.6) is 0 Å². The average molecular weight is 280 g/mol. The Balaban J connectivity index is 1.88. The molecular formula is C18H36N2. The van der Waals surface area contributed by atoms with Crippen molar-refractivity contribution in [2.45, 2.75) is 96.2 Å². The molecule has 0 radical (unpaired) electrons. The fraction of sp³-hybridized carbons (Fsp3) is 1.00. The van der Waals surface area contributed by atoms with Gasteiger partial charge in [0.25, 0.3) is 0 Å². The van der Waals surface area contributed by atoms with Gasteiger partial charge in [0.2, 0.25) is 0 Å². The van der Waals surface area contributed by atoms with Gasteiger partial charge in [-0.05, 0) is 63.8 Å². The van der Waals surface area contributed by atoms with E-state index in [-0.39, 0.29) is 0 Å². The molecule has 2 saturated carbocycles. The first-order chi connectivity index (χ1) is 9.65. The van der Waals surface area contributed by atoms with Gasteiger partial charge in [-0.2, -0.15) is 0 Å². The fourth-order valence-electron chi connectivity index (χ4n) is 4.62. The van der Waals surface area contributed by atoms with Crippen molar-refractivity contribution < 1.29 is 0 Å². The molecule has 0 aromatic rings. The summed E-state index contributed by atoms with van der Waals surface area (Å²) in [4.78, 5) is 2.68. The van der Waals surface area contributed by atoms with E-state index in [2.05, 4.69) is 25.8 Å². The molecular weight excluding hydrogens is 244 g/mol. The summed E-state index contributed by atoms with van der Waals surface area (Å²) in [7, 11) is 2.36. The Morgan fingerprint density at radius 2 is 1.60 bits per heavy atom. The van der Waals surface area contributed by atoms with Crippen LogP contribution in [0.15, 0.2) is 0 Å². The van der Waals surface area contributed by atoms with Gasteiger partial charge < -0.3 is 5.73 Å². The summed E-state index contributed by atoms with van der Waals surface area (Å²) in [6.45, 7) is 4.67. The van der Waals surface area contributed by atoms with Gasteiger partial charge in [0, 0.05) is 18.1 Å². The fourth-order valence-corrected chi connectivity index (χ4v) is 4.62. The van der Waals surface area contributed by atoms with Gasteiger partial charge in [0.15, 0.2) is 0 Å². The third kappa shape index (κ3) is 3.98. The SMILES string of the molecule is CCCC1CCC(N)C(N(C)C2CCC(CC)CC2)C1. The van der Waals surface area contributed by atoms with Gasteiger partial charge in [-0.25, -0.2) is 0 Å². The van der Waals surface area contributed by atoms with Crippen molar-refractivity contribution in [1.82, 2.24) is 4.90 Å². The van der Waals surface area contributed by atoms with Crippen LogP contribution >= 0.6 is 0 Å². The molecule has 3 unspecified atom stereocenters. The highest BCUT2D eigenvalue weighted by Gasteiger charge is 2.34. The second-order valence-corrected chi connectivity index (χ2v) is 7.45. The molecule has 0 bridgehead atoms. The lowest BCUT2D eigenvalue weighted by Gasteiger charge is -2.45. The molecule has 0 amide bonds. The Kier molecular flexibility index (Phi) is 6.35. The van der Waals surface area contributed by atoms with E-state index < -0.39 is 0 Å². The standard InChI is InChI=1S/C18H36N2/c1-4-6-15-9-12-17(19)18(13-15)20(3)16-10-7-14(5-2)8-11-16/h14-18H,4-13,19H2,1-3H3. The number of hydrogen-bond acceptors (Lipinski definition) is 2. The molecule has 2 fully saturated rings. The highest BCUT2D eigenvalue weighted by molar-refractivity contribution is 4.91. The molecule has 0 aromatic carbocycles. The van der Waals surface area contributed by atoms with Gasteiger partial charge in [-0.15, -0.1) is 0 Å². The molecule has 0 spiro atoms. The third-order valence-corrected chi connectivity index (χ3v) is 6.17. The Bertz CT molecular complexity index is 271. The van der Waals surface area contributed by atoms with Crippen molar-refractivity contribution in [3.63, 3.8) is 0 Å². The van der Waals surface area contributed by atoms with E-state index in [9.17, 15) is 0 Å². The predicted octanol–water partition coefficient (Wildman–Crippen LogP) is 4.18. The van der Waals surface area contributed by atoms with E-state index in [1.54, 1.807) is 0 Å². The molecule has 2 aliphatic carbocycles. The Hall–Kier alpha value is -0.0800. The molecule has 2 heteroatoms. The lowest BCUT2D eigenvalue weighted by Crippen LogP contribution is -2.53. The van der Waals surface area contributed by atoms with E-state index in [1.165, 1.54) is 64.2 Å². The first kappa shape index (κ1) is 16.3. The molecule has 2 aliphatic rings. The molecule has 0 aliphatic heterocycles. The van der Waals surface area contributed by atoms with E-state index in [0.717, 1.165) is 17.9 Å². The summed E-state index contributed by atoms with van der Waals surface area (Å²) < 4.78 is 0. The van der Waals surface area contributed by atoms with Crippen LogP contribution in [0.25, 0.3) is 0 Å². The smallest absolute Gasteiger partial charge is 0.0249 e. The van der Waals surface area contributed by atoms with Crippen molar-refractivity contribution in [3.8, 4) is 0 Å². The maximum absolute atomic E-state index is 6.46. The predicted molar refractivity (Wildman–Crippen MR) is 87.8 cm³/mol. The van der Waals surface area contributed by atoms with Crippen LogP contribution in [0.3, 0.4) is 0 Å². The normalized spacial score (nSPS) is 39.1. The minimum absolute atomic E-state index is 0.414. The zero-order valence-electron chi connectivity index (χ0n) is 14.0. The second-order valence-electron chi connectivity index (χ2n) is 7.45. The van der Waals surface area contributed by atoms with Gasteiger partial charge in [-0.3, -0.25) is 4.90 Å². The molecule has 118 valence electrons. The van der Waals surface area contributed by atoms with E-state index >= 15 is 0 Å². The summed E-state index contributed by atoms with van der Waals surface area (Å²) in [5.74, 6) is 1.92. The van der Waals surface area contributed by atoms with Crippen LogP contribution in [0.2, 0.25) is 0 Å². The lowest BCUT2D eigenvalue weighted by molar-refractivity contribution is 0.0677. The maximum Gasteiger partial charge on any atom is 0.0249 e. The number of rotatable bonds is 5. The topological polar surface area (TPSA) is 29.3 Å². The first-order valence-corrected chi connectivity index (χ1v) is 9.13. The monoisotopic (exact) mass is 280 g/mol. The first-order valence-electron chi connectivity index (χ1n) is 9.13. The van der Waals surface area contributed by atoms with Crippen molar-refractivity contribution >= 4 is 0 Å². The molecule has 2 nitrogen and oxygen atoms in total. The molecule has 0 aromatic heterocycles. The Morgan fingerprint density at radius 1 is 0.950 bits per heavy atom. The van der Waals surface area contributed by atoms with Crippen LogP contribution < -0.4 is 5.73 Å². The van der Waals surface area contributed by atoms with E-state index in [4.69, 9.17) is 5.73 Å². The highest BCUT2D eigenvalue weighted by Crippen LogP contribution is 2.34. The van der Waals surface area contributed by atoms with E-state index in [1.807, 2.05) is 0 Å². The molecule has 3 atom stereocenters. The minimum Gasteiger partial charge on any atom is -0.326 e. The average Bonchev–Trinajstić information content (AvgIpc) is 2.49. The third-order valence-electron chi connectivity index (χ3n) is 6.17. The highest BCUT2D eigenvalue weighted by atomic mass is 15.2. The summed E-state index contributed by atoms with van der Waals surface area (Å²) in [5.41, 5.74) is 6.46. The molecule has 2 rings (SSSR count). The quantitative estimate of drug-likeness (QED) is 0.818. The number of nitrogens with two attached hydrogens (primary N) is 1. The van der Waals surface area contributed by atoms with Crippen molar-refractivity contribution in [2.75, 3.05) is 7.05 Å². The largest absolute Gasteiger partial charge is 0.326 e. The van der Waals surface area contributed by atoms with Gasteiger partial charge >= 0.3 is 0 Å². The zero-order valence-corrected chi connectivity index (χ0v) is 14.0. The Labute approximate surface area is 126 Å². The summed E-state index contributed by atoms with van der Waals surface area (Å²) >= 11 is 0. The second kappa shape index (κ2) is 7.79. The van der Waals surface area contributed by atoms with Gasteiger partial charge in [-0.1, -0.05) is 33.1 Å². The lowest BCUT2D eigenvalue weighted by atomic mass is 9.78. The van der Waals surface area contributed by atoms with Gasteiger partial charge in [0.05, 0.1) is 0 Å². The van der Waals surface area contributed by atoms with Crippen LogP contribution in [0, 0.1) is 11.8 Å². The molecule has 2 N–H and O–H groups in total. The number of likely N-dealkylation sites (N-methyl/N-ethyl adjacent to an activating group) is 1. The van der Waals surface area contributed by atoms with Crippen LogP contribution in [-0.2, 0) is 0 Å². The van der Waals surface area contributed by atoms with Gasteiger partial charge in [0.1, 0.15) is 0 Å². The summed E-state index contributed by atoms with van der Waals surface area (Å²) in [6.07, 6.45) is 13.7. The van der Waals surface area contributed by atoms with Crippen molar-refractivity contribution in [2.24, 2.45) is 17.6 Å². The zero-order chi connectivity index (χ0) is 14.5. The molecule has 0 heterocycles. The molecule has 20 heavy (non-hydrogen) atoms. The summed E-state index contributed by atoms with van der Waals surface area (Å²) in [6, 6.07) is 1.86. The summed E-state index contributed by atoms with van der Waals surface area (Å²) in [5, 5.41) is 0. The van der Waals surface area contributed by atoms with Crippen molar-refractivity contribution in [3.05, 3.63) is 0 Å².